The molecular formula is C13H20N4O2S2. The molecule has 0 radical (unpaired) electrons. The predicted molar refractivity (Wildman–Crippen MR) is 83.8 cm³/mol. The van der Waals surface area contributed by atoms with E-state index in [-0.39, 0.29) is 0 Å². The van der Waals surface area contributed by atoms with Crippen LogP contribution in [0.1, 0.15) is 23.9 Å². The lowest BCUT2D eigenvalue weighted by Crippen LogP contribution is -2.27. The first-order valence-electron chi connectivity index (χ1n) is 6.87. The van der Waals surface area contributed by atoms with Crippen molar-refractivity contribution in [1.82, 2.24) is 20.0 Å². The number of aromatic nitrogens is 2. The van der Waals surface area contributed by atoms with E-state index < -0.39 is 10.0 Å². The number of nitrogens with zero attached hydrogens (tertiary/aromatic N) is 1. The molecule has 116 valence electrons. The summed E-state index contributed by atoms with van der Waals surface area (Å²) in [6.45, 7) is 3.89. The molecule has 0 bridgehead atoms. The quantitative estimate of drug-likeness (QED) is 0.609. The van der Waals surface area contributed by atoms with Gasteiger partial charge in [-0.1, -0.05) is 6.92 Å². The van der Waals surface area contributed by atoms with E-state index in [0.29, 0.717) is 24.4 Å². The van der Waals surface area contributed by atoms with E-state index in [1.165, 1.54) is 11.3 Å². The number of imidazole rings is 1. The fraction of sp³-hybridized carbons (Fsp3) is 0.462. The lowest BCUT2D eigenvalue weighted by Gasteiger charge is -2.08. The van der Waals surface area contributed by atoms with Crippen LogP contribution in [0, 0.1) is 0 Å². The summed E-state index contributed by atoms with van der Waals surface area (Å²) in [5.74, 6) is 0. The fourth-order valence-electron chi connectivity index (χ4n) is 1.90. The van der Waals surface area contributed by atoms with Crippen LogP contribution in [-0.2, 0) is 23.0 Å². The van der Waals surface area contributed by atoms with Crippen molar-refractivity contribution in [3.8, 4) is 0 Å². The second-order valence-corrected chi connectivity index (χ2v) is 7.35. The van der Waals surface area contributed by atoms with E-state index in [1.807, 2.05) is 5.38 Å². The third-order valence-corrected chi connectivity index (χ3v) is 5.54. The molecule has 0 aromatic carbocycles. The second kappa shape index (κ2) is 7.69. The standard InChI is InChI=1S/C13H20N4O2S2/c1-2-5-14-9-12-13(4-7-20-12)21(18,19)17-6-3-11-8-15-10-16-11/h4,7-8,10,14,17H,2-3,5-6,9H2,1H3,(H,15,16). The van der Waals surface area contributed by atoms with Gasteiger partial charge in [0.25, 0.3) is 0 Å². The van der Waals surface area contributed by atoms with Crippen molar-refractivity contribution in [2.75, 3.05) is 13.1 Å². The van der Waals surface area contributed by atoms with Gasteiger partial charge in [-0.05, 0) is 24.4 Å². The predicted octanol–water partition coefficient (Wildman–Crippen LogP) is 1.49. The van der Waals surface area contributed by atoms with Crippen LogP contribution in [0.3, 0.4) is 0 Å². The molecule has 2 rings (SSSR count). The van der Waals surface area contributed by atoms with Crippen molar-refractivity contribution in [1.29, 1.82) is 0 Å². The normalized spacial score (nSPS) is 11.9. The molecule has 0 spiro atoms. The van der Waals surface area contributed by atoms with Crippen LogP contribution >= 0.6 is 11.3 Å². The van der Waals surface area contributed by atoms with Crippen molar-refractivity contribution in [3.63, 3.8) is 0 Å². The van der Waals surface area contributed by atoms with Crippen molar-refractivity contribution in [2.24, 2.45) is 0 Å². The highest BCUT2D eigenvalue weighted by Gasteiger charge is 2.19. The average molecular weight is 328 g/mol. The fourth-order valence-corrected chi connectivity index (χ4v) is 4.34. The molecule has 6 nitrogen and oxygen atoms in total. The van der Waals surface area contributed by atoms with Crippen LogP contribution in [0.2, 0.25) is 0 Å². The van der Waals surface area contributed by atoms with Crippen LogP contribution < -0.4 is 10.0 Å². The van der Waals surface area contributed by atoms with Crippen molar-refractivity contribution < 1.29 is 8.42 Å². The molecule has 0 saturated carbocycles. The number of nitrogens with one attached hydrogen (secondary N) is 3. The van der Waals surface area contributed by atoms with E-state index in [2.05, 4.69) is 26.9 Å². The van der Waals surface area contributed by atoms with E-state index in [0.717, 1.165) is 23.5 Å². The number of H-pyrrole nitrogens is 1. The van der Waals surface area contributed by atoms with Crippen molar-refractivity contribution >= 4 is 21.4 Å². The summed E-state index contributed by atoms with van der Waals surface area (Å²) in [6, 6.07) is 1.66. The van der Waals surface area contributed by atoms with Crippen LogP contribution in [0.4, 0.5) is 0 Å². The molecule has 0 aliphatic heterocycles. The summed E-state index contributed by atoms with van der Waals surface area (Å²) in [4.78, 5) is 8.07. The maximum Gasteiger partial charge on any atom is 0.241 e. The highest BCUT2D eigenvalue weighted by Crippen LogP contribution is 2.21. The van der Waals surface area contributed by atoms with Gasteiger partial charge in [0.05, 0.1) is 11.2 Å². The lowest BCUT2D eigenvalue weighted by molar-refractivity contribution is 0.579. The highest BCUT2D eigenvalue weighted by molar-refractivity contribution is 7.89. The molecule has 0 unspecified atom stereocenters. The SMILES string of the molecule is CCCNCc1sccc1S(=O)(=O)NCCc1cnc[nH]1. The average Bonchev–Trinajstić information content (AvgIpc) is 3.10. The zero-order valence-electron chi connectivity index (χ0n) is 11.9. The van der Waals surface area contributed by atoms with E-state index in [1.54, 1.807) is 18.6 Å². The number of aromatic amines is 1. The molecule has 0 aliphatic carbocycles. The summed E-state index contributed by atoms with van der Waals surface area (Å²) < 4.78 is 27.3. The van der Waals surface area contributed by atoms with Gasteiger partial charge in [0.2, 0.25) is 10.0 Å². The Balaban J connectivity index is 1.94. The Morgan fingerprint density at radius 2 is 2.24 bits per heavy atom. The minimum absolute atomic E-state index is 0.349. The van der Waals surface area contributed by atoms with Gasteiger partial charge in [0, 0.05) is 36.3 Å². The molecular weight excluding hydrogens is 308 g/mol. The maximum atomic E-state index is 12.3. The Hall–Kier alpha value is -1.22. The second-order valence-electron chi connectivity index (χ2n) is 4.61. The van der Waals surface area contributed by atoms with Gasteiger partial charge in [-0.15, -0.1) is 11.3 Å². The summed E-state index contributed by atoms with van der Waals surface area (Å²) >= 11 is 1.46. The molecule has 3 N–H and O–H groups in total. The molecule has 0 fully saturated rings. The Labute approximate surface area is 129 Å². The Morgan fingerprint density at radius 3 is 2.95 bits per heavy atom. The molecule has 0 atom stereocenters. The van der Waals surface area contributed by atoms with Gasteiger partial charge < -0.3 is 10.3 Å². The van der Waals surface area contributed by atoms with Gasteiger partial charge >= 0.3 is 0 Å². The molecule has 0 aliphatic rings. The Morgan fingerprint density at radius 1 is 1.38 bits per heavy atom. The highest BCUT2D eigenvalue weighted by atomic mass is 32.2. The van der Waals surface area contributed by atoms with Crippen LogP contribution in [-0.4, -0.2) is 31.5 Å². The van der Waals surface area contributed by atoms with E-state index in [9.17, 15) is 8.42 Å². The van der Waals surface area contributed by atoms with Crippen molar-refractivity contribution in [3.05, 3.63) is 34.5 Å². The van der Waals surface area contributed by atoms with Crippen LogP contribution in [0.25, 0.3) is 0 Å². The minimum Gasteiger partial charge on any atom is -0.348 e. The topological polar surface area (TPSA) is 86.9 Å². The summed E-state index contributed by atoms with van der Waals surface area (Å²) in [7, 11) is -3.45. The zero-order valence-corrected chi connectivity index (χ0v) is 13.6. The molecule has 2 heterocycles. The van der Waals surface area contributed by atoms with Gasteiger partial charge in [0.1, 0.15) is 0 Å². The first-order valence-corrected chi connectivity index (χ1v) is 9.23. The Kier molecular flexibility index (Phi) is 5.92. The van der Waals surface area contributed by atoms with Crippen LogP contribution in [0.5, 0.6) is 0 Å². The number of hydrogen-bond donors (Lipinski definition) is 3. The molecule has 2 aromatic rings. The summed E-state index contributed by atoms with van der Waals surface area (Å²) in [6.07, 6.45) is 4.89. The van der Waals surface area contributed by atoms with Gasteiger partial charge in [-0.3, -0.25) is 0 Å². The first-order chi connectivity index (χ1) is 10.1. The van der Waals surface area contributed by atoms with Gasteiger partial charge in [0.15, 0.2) is 0 Å². The van der Waals surface area contributed by atoms with E-state index >= 15 is 0 Å². The molecule has 8 heteroatoms. The van der Waals surface area contributed by atoms with Crippen LogP contribution in [0.15, 0.2) is 28.9 Å². The molecule has 0 amide bonds. The third kappa shape index (κ3) is 4.63. The Bertz CT molecular complexity index is 635. The van der Waals surface area contributed by atoms with Crippen molar-refractivity contribution in [2.45, 2.75) is 31.2 Å². The maximum absolute atomic E-state index is 12.3. The molecule has 0 saturated heterocycles. The van der Waals surface area contributed by atoms with Gasteiger partial charge in [-0.25, -0.2) is 18.1 Å². The number of rotatable bonds is 9. The van der Waals surface area contributed by atoms with Gasteiger partial charge in [-0.2, -0.15) is 0 Å². The number of sulfonamides is 1. The first kappa shape index (κ1) is 16.2. The number of thiophene rings is 1. The lowest BCUT2D eigenvalue weighted by atomic mass is 10.3. The largest absolute Gasteiger partial charge is 0.348 e. The van der Waals surface area contributed by atoms with E-state index in [4.69, 9.17) is 0 Å². The summed E-state index contributed by atoms with van der Waals surface area (Å²) in [5.41, 5.74) is 0.910. The molecule has 2 aromatic heterocycles. The monoisotopic (exact) mass is 328 g/mol. The zero-order chi connectivity index (χ0) is 15.1. The summed E-state index contributed by atoms with van der Waals surface area (Å²) in [5, 5.41) is 5.05. The third-order valence-electron chi connectivity index (χ3n) is 2.95. The number of hydrogen-bond acceptors (Lipinski definition) is 5. The minimum atomic E-state index is -3.45. The molecule has 21 heavy (non-hydrogen) atoms. The smallest absolute Gasteiger partial charge is 0.241 e.